The van der Waals surface area contributed by atoms with Crippen LogP contribution in [0, 0.1) is 11.3 Å². The number of aliphatic hydroxyl groups is 1. The quantitative estimate of drug-likeness (QED) is 0.645. The summed E-state index contributed by atoms with van der Waals surface area (Å²) in [6.45, 7) is 2.17. The zero-order valence-corrected chi connectivity index (χ0v) is 7.67. The fourth-order valence-electron chi connectivity index (χ4n) is 1.46. The van der Waals surface area contributed by atoms with Crippen LogP contribution in [0.2, 0.25) is 0 Å². The van der Waals surface area contributed by atoms with Gasteiger partial charge in [-0.25, -0.2) is 0 Å². The van der Waals surface area contributed by atoms with Crippen LogP contribution in [0.3, 0.4) is 0 Å². The predicted octanol–water partition coefficient (Wildman–Crippen LogP) is 0.574. The molecule has 0 aromatic rings. The van der Waals surface area contributed by atoms with Gasteiger partial charge in [-0.1, -0.05) is 0 Å². The summed E-state index contributed by atoms with van der Waals surface area (Å²) in [4.78, 5) is 2.04. The van der Waals surface area contributed by atoms with Crippen molar-refractivity contribution in [1.82, 2.24) is 4.90 Å². The van der Waals surface area contributed by atoms with Crippen molar-refractivity contribution in [3.8, 4) is 6.07 Å². The second-order valence-electron chi connectivity index (χ2n) is 3.15. The lowest BCUT2D eigenvalue weighted by Crippen LogP contribution is -2.40. The first-order valence-corrected chi connectivity index (χ1v) is 4.60. The van der Waals surface area contributed by atoms with Gasteiger partial charge in [0.2, 0.25) is 0 Å². The molecule has 0 aromatic heterocycles. The fourth-order valence-corrected chi connectivity index (χ4v) is 1.66. The first kappa shape index (κ1) is 9.79. The topological polar surface area (TPSA) is 47.3 Å². The third-order valence-electron chi connectivity index (χ3n) is 2.04. The first-order valence-electron chi connectivity index (χ1n) is 4.16. The maximum Gasteiger partial charge on any atom is 0.133 e. The number of likely N-dealkylation sites (tertiary alicyclic amines) is 1. The van der Waals surface area contributed by atoms with Gasteiger partial charge in [0.1, 0.15) is 5.38 Å². The van der Waals surface area contributed by atoms with Crippen LogP contribution >= 0.6 is 11.6 Å². The van der Waals surface area contributed by atoms with E-state index < -0.39 is 5.38 Å². The molecule has 0 saturated carbocycles. The van der Waals surface area contributed by atoms with Crippen molar-refractivity contribution >= 4 is 11.6 Å². The predicted molar refractivity (Wildman–Crippen MR) is 46.9 cm³/mol. The van der Waals surface area contributed by atoms with Gasteiger partial charge in [0.15, 0.2) is 0 Å². The lowest BCUT2D eigenvalue weighted by molar-refractivity contribution is 0.0724. The summed E-state index contributed by atoms with van der Waals surface area (Å²) >= 11 is 5.66. The molecule has 0 amide bonds. The number of halogens is 1. The molecule has 1 heterocycles. The monoisotopic (exact) mass is 188 g/mol. The highest BCUT2D eigenvalue weighted by Gasteiger charge is 2.19. The Labute approximate surface area is 77.5 Å². The Morgan fingerprint density at radius 3 is 3.08 bits per heavy atom. The molecule has 68 valence electrons. The summed E-state index contributed by atoms with van der Waals surface area (Å²) in [6.07, 6.45) is 1.63. The largest absolute Gasteiger partial charge is 0.392 e. The van der Waals surface area contributed by atoms with Crippen molar-refractivity contribution < 1.29 is 5.11 Å². The van der Waals surface area contributed by atoms with Crippen molar-refractivity contribution in [2.45, 2.75) is 24.3 Å². The Hall–Kier alpha value is -0.300. The van der Waals surface area contributed by atoms with Crippen LogP contribution in [-0.4, -0.2) is 41.1 Å². The van der Waals surface area contributed by atoms with E-state index >= 15 is 0 Å². The van der Waals surface area contributed by atoms with Gasteiger partial charge in [-0.15, -0.1) is 11.6 Å². The second-order valence-corrected chi connectivity index (χ2v) is 3.68. The third kappa shape index (κ3) is 2.98. The van der Waals surface area contributed by atoms with Crippen LogP contribution in [0.25, 0.3) is 0 Å². The maximum absolute atomic E-state index is 9.30. The van der Waals surface area contributed by atoms with E-state index in [1.165, 1.54) is 0 Å². The van der Waals surface area contributed by atoms with Crippen LogP contribution < -0.4 is 0 Å². The van der Waals surface area contributed by atoms with Crippen molar-refractivity contribution in [2.24, 2.45) is 0 Å². The lowest BCUT2D eigenvalue weighted by atomic mass is 10.1. The molecule has 4 heteroatoms. The second kappa shape index (κ2) is 4.66. The minimum atomic E-state index is -0.449. The average molecular weight is 189 g/mol. The number of hydrogen-bond donors (Lipinski definition) is 1. The van der Waals surface area contributed by atoms with E-state index in [-0.39, 0.29) is 6.10 Å². The molecule has 2 atom stereocenters. The zero-order valence-electron chi connectivity index (χ0n) is 6.91. The molecule has 0 spiro atoms. The summed E-state index contributed by atoms with van der Waals surface area (Å²) in [5.74, 6) is 0. The molecule has 12 heavy (non-hydrogen) atoms. The Morgan fingerprint density at radius 2 is 2.50 bits per heavy atom. The highest BCUT2D eigenvalue weighted by atomic mass is 35.5. The van der Waals surface area contributed by atoms with Crippen molar-refractivity contribution in [3.63, 3.8) is 0 Å². The molecule has 1 N–H and O–H groups in total. The number of hydrogen-bond acceptors (Lipinski definition) is 3. The van der Waals surface area contributed by atoms with E-state index in [1.807, 2.05) is 11.0 Å². The van der Waals surface area contributed by atoms with Crippen LogP contribution in [0.4, 0.5) is 0 Å². The summed E-state index contributed by atoms with van der Waals surface area (Å²) in [7, 11) is 0. The summed E-state index contributed by atoms with van der Waals surface area (Å²) < 4.78 is 0. The van der Waals surface area contributed by atoms with E-state index in [2.05, 4.69) is 0 Å². The van der Waals surface area contributed by atoms with Gasteiger partial charge in [-0.05, 0) is 19.4 Å². The maximum atomic E-state index is 9.30. The molecule has 1 rings (SSSR count). The molecular formula is C8H13ClN2O. The summed E-state index contributed by atoms with van der Waals surface area (Å²) in [6, 6.07) is 1.97. The fraction of sp³-hybridized carbons (Fsp3) is 0.875. The number of piperidine rings is 1. The van der Waals surface area contributed by atoms with Crippen LogP contribution in [-0.2, 0) is 0 Å². The third-order valence-corrected chi connectivity index (χ3v) is 2.27. The van der Waals surface area contributed by atoms with Gasteiger partial charge >= 0.3 is 0 Å². The normalized spacial score (nSPS) is 27.9. The standard InChI is InChI=1S/C8H13ClN2O/c9-7(4-10)5-11-3-1-2-8(12)6-11/h7-8,12H,1-3,5-6H2. The molecule has 1 aliphatic rings. The molecule has 2 unspecified atom stereocenters. The highest BCUT2D eigenvalue weighted by molar-refractivity contribution is 6.22. The van der Waals surface area contributed by atoms with Crippen molar-refractivity contribution in [3.05, 3.63) is 0 Å². The molecule has 1 saturated heterocycles. The molecule has 3 nitrogen and oxygen atoms in total. The highest BCUT2D eigenvalue weighted by Crippen LogP contribution is 2.11. The van der Waals surface area contributed by atoms with Crippen LogP contribution in [0.15, 0.2) is 0 Å². The summed E-state index contributed by atoms with van der Waals surface area (Å²) in [5, 5.41) is 17.3. The van der Waals surface area contributed by atoms with Gasteiger partial charge in [0, 0.05) is 13.1 Å². The zero-order chi connectivity index (χ0) is 8.97. The van der Waals surface area contributed by atoms with Crippen LogP contribution in [0.5, 0.6) is 0 Å². The molecule has 0 bridgehead atoms. The number of nitrogens with zero attached hydrogens (tertiary/aromatic N) is 2. The van der Waals surface area contributed by atoms with Crippen LogP contribution in [0.1, 0.15) is 12.8 Å². The Kier molecular flexibility index (Phi) is 3.80. The van der Waals surface area contributed by atoms with E-state index in [0.717, 1.165) is 19.4 Å². The van der Waals surface area contributed by atoms with Gasteiger partial charge in [-0.2, -0.15) is 5.26 Å². The van der Waals surface area contributed by atoms with E-state index in [9.17, 15) is 5.11 Å². The molecular weight excluding hydrogens is 176 g/mol. The Bertz CT molecular complexity index is 180. The van der Waals surface area contributed by atoms with Gasteiger partial charge in [0.25, 0.3) is 0 Å². The van der Waals surface area contributed by atoms with Gasteiger partial charge < -0.3 is 5.11 Å². The molecule has 0 aliphatic carbocycles. The van der Waals surface area contributed by atoms with Gasteiger partial charge in [-0.3, -0.25) is 4.90 Å². The minimum Gasteiger partial charge on any atom is -0.392 e. The number of nitriles is 1. The number of alkyl halides is 1. The van der Waals surface area contributed by atoms with E-state index in [0.29, 0.717) is 13.1 Å². The smallest absolute Gasteiger partial charge is 0.133 e. The minimum absolute atomic E-state index is 0.235. The number of β-amino-alcohol motifs (C(OH)–C–C–N with tert-alkyl or cyclic N) is 1. The van der Waals surface area contributed by atoms with Crippen molar-refractivity contribution in [1.29, 1.82) is 5.26 Å². The van der Waals surface area contributed by atoms with E-state index in [1.54, 1.807) is 0 Å². The average Bonchev–Trinajstić information content (AvgIpc) is 2.04. The molecule has 0 aromatic carbocycles. The summed E-state index contributed by atoms with van der Waals surface area (Å²) in [5.41, 5.74) is 0. The number of aliphatic hydroxyl groups excluding tert-OH is 1. The molecule has 1 fully saturated rings. The molecule has 1 aliphatic heterocycles. The van der Waals surface area contributed by atoms with Crippen molar-refractivity contribution in [2.75, 3.05) is 19.6 Å². The lowest BCUT2D eigenvalue weighted by Gasteiger charge is -2.29. The van der Waals surface area contributed by atoms with E-state index in [4.69, 9.17) is 16.9 Å². The first-order chi connectivity index (χ1) is 5.72. The number of rotatable bonds is 2. The SMILES string of the molecule is N#CC(Cl)CN1CCCC(O)C1. The van der Waals surface area contributed by atoms with Gasteiger partial charge in [0.05, 0.1) is 12.2 Å². The Morgan fingerprint density at radius 1 is 1.75 bits per heavy atom. The molecule has 0 radical (unpaired) electrons. The Balaban J connectivity index is 2.28.